The van der Waals surface area contributed by atoms with E-state index in [2.05, 4.69) is 17.3 Å². The molecule has 2 N–H and O–H groups in total. The fraction of sp³-hybridized carbons (Fsp3) is 0.647. The van der Waals surface area contributed by atoms with Crippen LogP contribution in [0.4, 0.5) is 0 Å². The van der Waals surface area contributed by atoms with Crippen LogP contribution in [0.2, 0.25) is 0 Å². The summed E-state index contributed by atoms with van der Waals surface area (Å²) in [6, 6.07) is 7.79. The molecular formula is C17H26N2O2. The molecule has 2 fully saturated rings. The summed E-state index contributed by atoms with van der Waals surface area (Å²) in [5.41, 5.74) is 1.20. The minimum absolute atomic E-state index is 0.225. The molecule has 0 spiro atoms. The number of rotatable bonds is 5. The van der Waals surface area contributed by atoms with E-state index < -0.39 is 0 Å². The number of piperidine rings is 1. The number of nitrogens with zero attached hydrogens (tertiary/aromatic N) is 1. The molecule has 2 aliphatic rings. The lowest BCUT2D eigenvalue weighted by Crippen LogP contribution is -2.46. The highest BCUT2D eigenvalue weighted by atomic mass is 16.5. The Morgan fingerprint density at radius 2 is 2.00 bits per heavy atom. The molecule has 1 aromatic rings. The van der Waals surface area contributed by atoms with Gasteiger partial charge in [-0.15, -0.1) is 0 Å². The van der Waals surface area contributed by atoms with Crippen LogP contribution in [0, 0.1) is 0 Å². The summed E-state index contributed by atoms with van der Waals surface area (Å²) in [5.74, 6) is 0.817. The van der Waals surface area contributed by atoms with Gasteiger partial charge in [-0.3, -0.25) is 4.90 Å². The Hall–Kier alpha value is -1.26. The highest BCUT2D eigenvalue weighted by Crippen LogP contribution is 2.31. The Kier molecular flexibility index (Phi) is 4.36. The molecule has 2 aliphatic heterocycles. The van der Waals surface area contributed by atoms with Gasteiger partial charge in [0.1, 0.15) is 0 Å². The van der Waals surface area contributed by atoms with Crippen molar-refractivity contribution in [3.05, 3.63) is 23.8 Å². The first-order valence-corrected chi connectivity index (χ1v) is 8.06. The summed E-state index contributed by atoms with van der Waals surface area (Å²) in [5, 5.41) is 13.5. The molecule has 0 aromatic heterocycles. The molecule has 116 valence electrons. The Labute approximate surface area is 127 Å². The fourth-order valence-electron chi connectivity index (χ4n) is 3.73. The number of phenolic OH excluding ortho intramolecular Hbond substituents is 1. The molecule has 0 radical (unpaired) electrons. The van der Waals surface area contributed by atoms with Gasteiger partial charge in [-0.1, -0.05) is 6.07 Å². The van der Waals surface area contributed by atoms with Crippen LogP contribution in [0.1, 0.15) is 38.2 Å². The second-order valence-electron chi connectivity index (χ2n) is 6.41. The van der Waals surface area contributed by atoms with Gasteiger partial charge in [-0.05, 0) is 57.4 Å². The van der Waals surface area contributed by atoms with Crippen molar-refractivity contribution in [3.63, 3.8) is 0 Å². The van der Waals surface area contributed by atoms with E-state index in [9.17, 15) is 5.11 Å². The Balaban J connectivity index is 1.64. The van der Waals surface area contributed by atoms with Crippen LogP contribution in [0.25, 0.3) is 0 Å². The second kappa shape index (κ2) is 6.24. The number of aromatic hydroxyl groups is 1. The molecule has 4 nitrogen and oxygen atoms in total. The van der Waals surface area contributed by atoms with Gasteiger partial charge in [0.05, 0.1) is 6.61 Å². The molecule has 0 aliphatic carbocycles. The quantitative estimate of drug-likeness (QED) is 0.874. The first-order valence-electron chi connectivity index (χ1n) is 8.06. The second-order valence-corrected chi connectivity index (χ2v) is 6.41. The number of hydrogen-bond acceptors (Lipinski definition) is 4. The van der Waals surface area contributed by atoms with Gasteiger partial charge in [0, 0.05) is 24.7 Å². The van der Waals surface area contributed by atoms with Gasteiger partial charge in [0.2, 0.25) is 0 Å². The fourth-order valence-corrected chi connectivity index (χ4v) is 3.73. The number of nitrogens with one attached hydrogen (secondary N) is 1. The predicted octanol–water partition coefficient (Wildman–Crippen LogP) is 2.51. The molecule has 4 heteroatoms. The molecule has 0 amide bonds. The average molecular weight is 290 g/mol. The van der Waals surface area contributed by atoms with Gasteiger partial charge in [0.15, 0.2) is 11.5 Å². The van der Waals surface area contributed by atoms with Crippen molar-refractivity contribution >= 4 is 0 Å². The third-order valence-electron chi connectivity index (χ3n) is 4.83. The summed E-state index contributed by atoms with van der Waals surface area (Å²) in [6.45, 7) is 3.41. The van der Waals surface area contributed by atoms with Crippen molar-refractivity contribution in [1.82, 2.24) is 10.2 Å². The van der Waals surface area contributed by atoms with Crippen molar-refractivity contribution < 1.29 is 9.84 Å². The van der Waals surface area contributed by atoms with E-state index in [1.54, 1.807) is 6.07 Å². The number of hydrogen-bond donors (Lipinski definition) is 2. The summed E-state index contributed by atoms with van der Waals surface area (Å²) in [6.07, 6.45) is 5.18. The molecule has 2 atom stereocenters. The highest BCUT2D eigenvalue weighted by Gasteiger charge is 2.34. The maximum absolute atomic E-state index is 9.78. The number of benzene rings is 1. The molecule has 3 rings (SSSR count). The zero-order valence-electron chi connectivity index (χ0n) is 13.0. The highest BCUT2D eigenvalue weighted by molar-refractivity contribution is 5.41. The molecule has 2 unspecified atom stereocenters. The first-order chi connectivity index (χ1) is 10.2. The van der Waals surface area contributed by atoms with Gasteiger partial charge in [-0.25, -0.2) is 0 Å². The monoisotopic (exact) mass is 290 g/mol. The van der Waals surface area contributed by atoms with Crippen LogP contribution in [0.5, 0.6) is 11.5 Å². The third kappa shape index (κ3) is 3.33. The van der Waals surface area contributed by atoms with Crippen molar-refractivity contribution in [2.45, 2.75) is 57.3 Å². The van der Waals surface area contributed by atoms with Crippen LogP contribution < -0.4 is 10.1 Å². The van der Waals surface area contributed by atoms with E-state index in [1.165, 1.54) is 31.2 Å². The van der Waals surface area contributed by atoms with Crippen LogP contribution in [0.3, 0.4) is 0 Å². The molecule has 2 heterocycles. The minimum Gasteiger partial charge on any atom is -0.504 e. The Morgan fingerprint density at radius 1 is 1.29 bits per heavy atom. The maximum atomic E-state index is 9.78. The lowest BCUT2D eigenvalue weighted by atomic mass is 9.98. The summed E-state index contributed by atoms with van der Waals surface area (Å²) in [7, 11) is 2.21. The molecule has 2 saturated heterocycles. The van der Waals surface area contributed by atoms with Gasteiger partial charge in [0.25, 0.3) is 0 Å². The van der Waals surface area contributed by atoms with Crippen molar-refractivity contribution in [2.24, 2.45) is 0 Å². The molecule has 2 bridgehead atoms. The zero-order valence-corrected chi connectivity index (χ0v) is 13.0. The van der Waals surface area contributed by atoms with Crippen molar-refractivity contribution in [2.75, 3.05) is 13.7 Å². The predicted molar refractivity (Wildman–Crippen MR) is 83.7 cm³/mol. The molecule has 21 heavy (non-hydrogen) atoms. The normalized spacial score (nSPS) is 28.0. The smallest absolute Gasteiger partial charge is 0.161 e. The van der Waals surface area contributed by atoms with E-state index in [4.69, 9.17) is 4.74 Å². The maximum Gasteiger partial charge on any atom is 0.161 e. The third-order valence-corrected chi connectivity index (χ3v) is 4.83. The van der Waals surface area contributed by atoms with E-state index in [-0.39, 0.29) is 5.75 Å². The lowest BCUT2D eigenvalue weighted by Gasteiger charge is -2.35. The largest absolute Gasteiger partial charge is 0.504 e. The topological polar surface area (TPSA) is 44.7 Å². The Bertz CT molecular complexity index is 480. The Morgan fingerprint density at radius 3 is 2.67 bits per heavy atom. The van der Waals surface area contributed by atoms with E-state index >= 15 is 0 Å². The molecule has 0 saturated carbocycles. The van der Waals surface area contributed by atoms with E-state index in [0.717, 1.165) is 18.6 Å². The van der Waals surface area contributed by atoms with Crippen LogP contribution in [0.15, 0.2) is 18.2 Å². The molecular weight excluding hydrogens is 264 g/mol. The standard InChI is InChI=1S/C17H26N2O2/c1-3-21-17-8-12(4-7-16(17)20)11-19(2)15-9-13-5-6-14(10-15)18-13/h4,7-8,13-15,18,20H,3,5-6,9-11H2,1-2H3. The summed E-state index contributed by atoms with van der Waals surface area (Å²) in [4.78, 5) is 2.45. The number of ether oxygens (including phenoxy) is 1. The summed E-state index contributed by atoms with van der Waals surface area (Å²) < 4.78 is 5.47. The van der Waals surface area contributed by atoms with Crippen LogP contribution in [-0.2, 0) is 6.54 Å². The van der Waals surface area contributed by atoms with Gasteiger partial charge >= 0.3 is 0 Å². The average Bonchev–Trinajstić information content (AvgIpc) is 2.81. The SMILES string of the molecule is CCOc1cc(CN(C)C2CC3CCC(C2)N3)ccc1O. The van der Waals surface area contributed by atoms with Gasteiger partial charge in [-0.2, -0.15) is 0 Å². The van der Waals surface area contributed by atoms with Crippen molar-refractivity contribution in [3.8, 4) is 11.5 Å². The van der Waals surface area contributed by atoms with Gasteiger partial charge < -0.3 is 15.2 Å². The van der Waals surface area contributed by atoms with Crippen LogP contribution >= 0.6 is 0 Å². The summed E-state index contributed by atoms with van der Waals surface area (Å²) >= 11 is 0. The first kappa shape index (κ1) is 14.7. The number of phenols is 1. The van der Waals surface area contributed by atoms with Crippen molar-refractivity contribution in [1.29, 1.82) is 0 Å². The lowest BCUT2D eigenvalue weighted by molar-refractivity contribution is 0.165. The number of fused-ring (bicyclic) bond motifs is 2. The van der Waals surface area contributed by atoms with E-state index in [0.29, 0.717) is 18.4 Å². The zero-order chi connectivity index (χ0) is 14.8. The minimum atomic E-state index is 0.225. The van der Waals surface area contributed by atoms with E-state index in [1.807, 2.05) is 19.1 Å². The van der Waals surface area contributed by atoms with Crippen LogP contribution in [-0.4, -0.2) is 41.8 Å². The molecule has 1 aromatic carbocycles.